The summed E-state index contributed by atoms with van der Waals surface area (Å²) in [6.07, 6.45) is 3.12. The van der Waals surface area contributed by atoms with Crippen LogP contribution in [0.5, 0.6) is 0 Å². The molecule has 0 amide bonds. The quantitative estimate of drug-likeness (QED) is 0.640. The molecular weight excluding hydrogens is 324 g/mol. The van der Waals surface area contributed by atoms with Gasteiger partial charge in [-0.1, -0.05) is 44.2 Å². The van der Waals surface area contributed by atoms with Gasteiger partial charge in [-0.3, -0.25) is 4.98 Å². The summed E-state index contributed by atoms with van der Waals surface area (Å²) < 4.78 is 4.88. The molecule has 0 radical (unpaired) electrons. The molecular formula is C22H20N2O2. The normalized spacial score (nSPS) is 13.8. The first kappa shape index (κ1) is 16.5. The number of carbonyl (C=O) groups is 1. The van der Waals surface area contributed by atoms with Gasteiger partial charge in [0, 0.05) is 23.4 Å². The van der Waals surface area contributed by atoms with E-state index in [0.717, 1.165) is 11.1 Å². The predicted molar refractivity (Wildman–Crippen MR) is 101 cm³/mol. The average Bonchev–Trinajstić information content (AvgIpc) is 2.88. The van der Waals surface area contributed by atoms with Gasteiger partial charge in [-0.25, -0.2) is 9.78 Å². The number of ether oxygens (including phenoxy) is 1. The molecule has 130 valence electrons. The number of methoxy groups -OCH3 is 1. The van der Waals surface area contributed by atoms with Crippen LogP contribution in [0.3, 0.4) is 0 Å². The van der Waals surface area contributed by atoms with Crippen molar-refractivity contribution < 1.29 is 9.53 Å². The van der Waals surface area contributed by atoms with E-state index >= 15 is 0 Å². The Morgan fingerprint density at radius 1 is 0.962 bits per heavy atom. The molecule has 1 heterocycles. The van der Waals surface area contributed by atoms with Gasteiger partial charge in [-0.05, 0) is 40.8 Å². The molecule has 4 heteroatoms. The second kappa shape index (κ2) is 5.77. The lowest BCUT2D eigenvalue weighted by atomic mass is 9.81. The molecule has 0 N–H and O–H groups in total. The van der Waals surface area contributed by atoms with Gasteiger partial charge in [0.05, 0.1) is 7.11 Å². The van der Waals surface area contributed by atoms with Crippen molar-refractivity contribution in [3.05, 3.63) is 71.2 Å². The van der Waals surface area contributed by atoms with E-state index in [1.807, 2.05) is 6.92 Å². The van der Waals surface area contributed by atoms with Crippen LogP contribution in [0.4, 0.5) is 0 Å². The van der Waals surface area contributed by atoms with Gasteiger partial charge in [0.2, 0.25) is 0 Å². The molecule has 26 heavy (non-hydrogen) atoms. The highest BCUT2D eigenvalue weighted by Gasteiger charge is 2.36. The van der Waals surface area contributed by atoms with Crippen LogP contribution in [0.2, 0.25) is 0 Å². The molecule has 0 bridgehead atoms. The van der Waals surface area contributed by atoms with Crippen molar-refractivity contribution in [2.75, 3.05) is 7.11 Å². The van der Waals surface area contributed by atoms with Crippen LogP contribution in [0, 0.1) is 6.92 Å². The molecule has 3 aromatic rings. The zero-order valence-electron chi connectivity index (χ0n) is 15.3. The van der Waals surface area contributed by atoms with Crippen LogP contribution in [-0.4, -0.2) is 23.0 Å². The van der Waals surface area contributed by atoms with Gasteiger partial charge in [0.1, 0.15) is 5.69 Å². The van der Waals surface area contributed by atoms with Crippen molar-refractivity contribution in [3.8, 4) is 22.4 Å². The van der Waals surface area contributed by atoms with Crippen molar-refractivity contribution >= 4 is 5.97 Å². The topological polar surface area (TPSA) is 52.1 Å². The summed E-state index contributed by atoms with van der Waals surface area (Å²) in [5.74, 6) is -0.476. The van der Waals surface area contributed by atoms with Gasteiger partial charge < -0.3 is 4.74 Å². The number of aromatic nitrogens is 2. The number of esters is 1. The number of hydrogen-bond acceptors (Lipinski definition) is 4. The zero-order valence-corrected chi connectivity index (χ0v) is 15.3. The highest BCUT2D eigenvalue weighted by molar-refractivity contribution is 5.95. The molecule has 2 aromatic carbocycles. The van der Waals surface area contributed by atoms with E-state index in [1.165, 1.54) is 35.6 Å². The molecule has 0 unspecified atom stereocenters. The minimum Gasteiger partial charge on any atom is -0.464 e. The summed E-state index contributed by atoms with van der Waals surface area (Å²) in [4.78, 5) is 20.8. The molecule has 0 fully saturated rings. The Morgan fingerprint density at radius 2 is 1.69 bits per heavy atom. The highest BCUT2D eigenvalue weighted by Crippen LogP contribution is 2.50. The predicted octanol–water partition coefficient (Wildman–Crippen LogP) is 4.54. The number of rotatable bonds is 2. The van der Waals surface area contributed by atoms with Crippen molar-refractivity contribution in [2.45, 2.75) is 26.2 Å². The standard InChI is InChI=1S/C22H20N2O2/c1-13-11-16-14-7-5-6-8-17(14)22(2,3)18(16)12-15(13)19-20(21(25)26-4)24-10-9-23-19/h5-12H,1-4H3. The fourth-order valence-corrected chi connectivity index (χ4v) is 3.89. The fourth-order valence-electron chi connectivity index (χ4n) is 3.89. The number of benzene rings is 2. The molecule has 1 aliphatic rings. The van der Waals surface area contributed by atoms with Gasteiger partial charge >= 0.3 is 5.97 Å². The fraction of sp³-hybridized carbons (Fsp3) is 0.227. The third-order valence-corrected chi connectivity index (χ3v) is 5.26. The molecule has 0 saturated heterocycles. The number of hydrogen-bond donors (Lipinski definition) is 0. The maximum Gasteiger partial charge on any atom is 0.358 e. The maximum absolute atomic E-state index is 12.1. The van der Waals surface area contributed by atoms with Crippen LogP contribution in [0.1, 0.15) is 41.0 Å². The smallest absolute Gasteiger partial charge is 0.358 e. The Kier molecular flexibility index (Phi) is 3.65. The Hall–Kier alpha value is -3.01. The molecule has 0 atom stereocenters. The number of fused-ring (bicyclic) bond motifs is 3. The maximum atomic E-state index is 12.1. The number of aryl methyl sites for hydroxylation is 1. The van der Waals surface area contributed by atoms with E-state index < -0.39 is 5.97 Å². The van der Waals surface area contributed by atoms with Crippen LogP contribution in [0.25, 0.3) is 22.4 Å². The summed E-state index contributed by atoms with van der Waals surface area (Å²) in [6.45, 7) is 6.50. The first-order valence-electron chi connectivity index (χ1n) is 8.60. The van der Waals surface area contributed by atoms with Crippen molar-refractivity contribution in [1.82, 2.24) is 9.97 Å². The zero-order chi connectivity index (χ0) is 18.5. The van der Waals surface area contributed by atoms with E-state index in [4.69, 9.17) is 4.74 Å². The number of nitrogens with zero attached hydrogens (tertiary/aromatic N) is 2. The summed E-state index contributed by atoms with van der Waals surface area (Å²) in [7, 11) is 1.36. The van der Waals surface area contributed by atoms with Crippen LogP contribution < -0.4 is 0 Å². The first-order valence-corrected chi connectivity index (χ1v) is 8.60. The summed E-state index contributed by atoms with van der Waals surface area (Å²) >= 11 is 0. The van der Waals surface area contributed by atoms with E-state index in [9.17, 15) is 4.79 Å². The summed E-state index contributed by atoms with van der Waals surface area (Å²) in [6, 6.07) is 12.9. The van der Waals surface area contributed by atoms with Crippen LogP contribution in [0.15, 0.2) is 48.8 Å². The van der Waals surface area contributed by atoms with Crippen molar-refractivity contribution in [1.29, 1.82) is 0 Å². The lowest BCUT2D eigenvalue weighted by Crippen LogP contribution is -2.15. The second-order valence-electron chi connectivity index (χ2n) is 7.13. The van der Waals surface area contributed by atoms with Gasteiger partial charge in [0.25, 0.3) is 0 Å². The Morgan fingerprint density at radius 3 is 2.46 bits per heavy atom. The van der Waals surface area contributed by atoms with Crippen LogP contribution in [-0.2, 0) is 10.2 Å². The van der Waals surface area contributed by atoms with Crippen molar-refractivity contribution in [3.63, 3.8) is 0 Å². The largest absolute Gasteiger partial charge is 0.464 e. The average molecular weight is 344 g/mol. The minimum absolute atomic E-state index is 0.109. The third kappa shape index (κ3) is 2.25. The number of carbonyl (C=O) groups excluding carboxylic acids is 1. The lowest BCUT2D eigenvalue weighted by Gasteiger charge is -2.22. The SMILES string of the molecule is COC(=O)c1nccnc1-c1cc2c(cc1C)-c1ccccc1C2(C)C. The molecule has 4 rings (SSSR count). The van der Waals surface area contributed by atoms with E-state index in [0.29, 0.717) is 5.69 Å². The Labute approximate surface area is 152 Å². The van der Waals surface area contributed by atoms with E-state index in [1.54, 1.807) is 6.20 Å². The van der Waals surface area contributed by atoms with Crippen LogP contribution >= 0.6 is 0 Å². The minimum atomic E-state index is -0.476. The third-order valence-electron chi connectivity index (χ3n) is 5.26. The van der Waals surface area contributed by atoms with E-state index in [-0.39, 0.29) is 11.1 Å². The molecule has 1 aliphatic carbocycles. The lowest BCUT2D eigenvalue weighted by molar-refractivity contribution is 0.0594. The van der Waals surface area contributed by atoms with Gasteiger partial charge in [0.15, 0.2) is 5.69 Å². The molecule has 0 aliphatic heterocycles. The van der Waals surface area contributed by atoms with E-state index in [2.05, 4.69) is 60.2 Å². The molecule has 4 nitrogen and oxygen atoms in total. The van der Waals surface area contributed by atoms with Gasteiger partial charge in [-0.2, -0.15) is 0 Å². The Bertz CT molecular complexity index is 1040. The molecule has 0 saturated carbocycles. The summed E-state index contributed by atoms with van der Waals surface area (Å²) in [5.41, 5.74) is 7.74. The van der Waals surface area contributed by atoms with Gasteiger partial charge in [-0.15, -0.1) is 0 Å². The molecule has 0 spiro atoms. The second-order valence-corrected chi connectivity index (χ2v) is 7.13. The summed E-state index contributed by atoms with van der Waals surface area (Å²) in [5, 5.41) is 0. The monoisotopic (exact) mass is 344 g/mol. The molecule has 1 aromatic heterocycles. The highest BCUT2D eigenvalue weighted by atomic mass is 16.5. The first-order chi connectivity index (χ1) is 12.4. The van der Waals surface area contributed by atoms with Crippen molar-refractivity contribution in [2.24, 2.45) is 0 Å². The Balaban J connectivity index is 1.97.